The molecule has 58 heteroatoms. The van der Waals surface area contributed by atoms with E-state index in [0.717, 1.165) is 0 Å². The van der Waals surface area contributed by atoms with Crippen LogP contribution in [0.3, 0.4) is 0 Å². The Morgan fingerprint density at radius 3 is 0.569 bits per heavy atom. The molecular weight excluding hydrogens is 1940 g/mol. The van der Waals surface area contributed by atoms with Gasteiger partial charge in [0.15, 0.2) is 0 Å². The second-order valence-corrected chi connectivity index (χ2v) is 56.6. The van der Waals surface area contributed by atoms with Crippen LogP contribution in [0.1, 0.15) is 0 Å². The van der Waals surface area contributed by atoms with Crippen molar-refractivity contribution in [3.8, 4) is 0 Å². The Morgan fingerprint density at radius 2 is 0.431 bits per heavy atom. The van der Waals surface area contributed by atoms with Crippen LogP contribution in [0.5, 0.6) is 0 Å². The van der Waals surface area contributed by atoms with Gasteiger partial charge < -0.3 is 6.15 Å². The van der Waals surface area contributed by atoms with Gasteiger partial charge in [-0.1, -0.05) is 0 Å². The second-order valence-electron chi connectivity index (χ2n) is 6.41. The van der Waals surface area contributed by atoms with E-state index >= 15 is 0 Å². The molecule has 0 rings (SSSR count). The van der Waals surface area contributed by atoms with Crippen LogP contribution >= 0.6 is 7.82 Å². The summed E-state index contributed by atoms with van der Waals surface area (Å²) in [5.41, 5.74) is 0. The van der Waals surface area contributed by atoms with Crippen LogP contribution in [0.15, 0.2) is 0 Å². The first kappa shape index (κ1) is 65.5. The molecule has 0 unspecified atom stereocenters. The Balaban J connectivity index is -0.00000575. The van der Waals surface area contributed by atoms with Crippen molar-refractivity contribution in [2.24, 2.45) is 0 Å². The first-order chi connectivity index (χ1) is 24.2. The van der Waals surface area contributed by atoms with Gasteiger partial charge in [-0.2, -0.15) is 0 Å². The zero-order chi connectivity index (χ0) is 46.6. The Kier molecular flexibility index (Phi) is 25.7. The van der Waals surface area contributed by atoms with Crippen LogP contribution in [0.2, 0.25) is 0 Å². The molecule has 0 aliphatic heterocycles. The summed E-state index contributed by atoms with van der Waals surface area (Å²) in [5, 5.41) is 0. The van der Waals surface area contributed by atoms with Gasteiger partial charge >= 0.3 is 361 Å². The minimum atomic E-state index is -8.82. The van der Waals surface area contributed by atoms with E-state index in [1.165, 1.54) is 0 Å². The molecule has 0 atom stereocenters. The SMILES string of the molecule is O=P([O][Mo](=[O])(=[O])[O][Mo](=[O])(=[O])[O][Mo](=[O])(=[O])[O][Mo](=[O])(=[O])[O-])([O][Mo](=[O])(=[O])[O][Mo](=[O])(=[O])[O][Mo](=[O])(=[O])[O][Mo](=[O])(=[O])[O-])[O][Mo](=[O])(=[O])[O][Mo](=[O])(=[O])[O][Mo](=[O])(=[O])[O][Mo](=[O])(=[O])[O-].[NH4+].[O]=[V](=[O])[O-]. The molecule has 4 N–H and O–H groups in total. The van der Waals surface area contributed by atoms with E-state index in [-0.39, 0.29) is 6.15 Å². The number of hydrogen-bond donors (Lipinski definition) is 1. The van der Waals surface area contributed by atoms with Crippen LogP contribution in [-0.4, -0.2) is 0 Å². The van der Waals surface area contributed by atoms with Gasteiger partial charge in [0.25, 0.3) is 0 Å². The Bertz CT molecular complexity index is 2690. The van der Waals surface area contributed by atoms with E-state index in [2.05, 4.69) is 27.9 Å². The molecule has 0 saturated heterocycles. The molecule has 0 bridgehead atoms. The number of quaternary nitrogens is 1. The number of hydrogen-bond acceptors (Lipinski definition) is 43. The molecule has 0 aliphatic carbocycles. The van der Waals surface area contributed by atoms with Crippen LogP contribution in [-0.2, 0) is 338 Å². The van der Waals surface area contributed by atoms with Crippen molar-refractivity contribution in [1.82, 2.24) is 6.15 Å². The van der Waals surface area contributed by atoms with Crippen molar-refractivity contribution < 1.29 is 353 Å². The van der Waals surface area contributed by atoms with E-state index in [1.807, 2.05) is 0 Å². The molecule has 0 aromatic carbocycles. The van der Waals surface area contributed by atoms with Crippen LogP contribution in [0.25, 0.3) is 0 Å². The summed E-state index contributed by atoms with van der Waals surface area (Å²) >= 11 is -102. The maximum atomic E-state index is 12.7. The van der Waals surface area contributed by atoms with Crippen molar-refractivity contribution in [2.45, 2.75) is 0 Å². The molecule has 44 nitrogen and oxygen atoms in total. The van der Waals surface area contributed by atoms with Crippen LogP contribution < -0.4 is 21.5 Å². The molecule has 0 heterocycles. The maximum absolute atomic E-state index is 12.7. The Morgan fingerprint density at radius 1 is 0.310 bits per heavy atom. The minimum absolute atomic E-state index is 0. The van der Waals surface area contributed by atoms with Gasteiger partial charge in [0.05, 0.1) is 0 Å². The standard InChI is InChI=1S/12Mo.H3N.H3O4P.39O.V/c;;;;;;;;;;;;;1-5(2,3)4;;;;;;;;;;;;;;;;;;;;;;;;;;;;;;;;;;;;;;;;/h;;;;;;;;;;;;1H3;(H3,1,2,3,4);;;;;;;;;;;;;;;;;;;;;;;;;;;;;;;;;;;;;;;;/q;;;;;;;;;3*+1;;;;;;;;;;;;;;;;;;;;;;;;;;;;;;;;;;;;;;4*-1;/p-2. The predicted octanol–water partition coefficient (Wildman–Crippen LogP) is -7.58. The van der Waals surface area contributed by atoms with Gasteiger partial charge in [-0.05, 0) is 0 Å². The fourth-order valence-corrected chi connectivity index (χ4v) is 60.0. The molecule has 0 radical (unpaired) electrons. The Labute approximate surface area is 360 Å². The summed E-state index contributed by atoms with van der Waals surface area (Å²) in [7, 11) is -7.94. The number of rotatable bonds is 24. The summed E-state index contributed by atoms with van der Waals surface area (Å²) in [6, 6.07) is 0. The van der Waals surface area contributed by atoms with E-state index in [4.69, 9.17) is 11.4 Å². The fraction of sp³-hybridized carbons (Fsp3) is 0. The molecular formula is H4Mo12NO43PV-3. The van der Waals surface area contributed by atoms with Gasteiger partial charge in [0.2, 0.25) is 0 Å². The molecule has 352 valence electrons. The van der Waals surface area contributed by atoms with Crippen molar-refractivity contribution in [1.29, 1.82) is 0 Å². The third-order valence-corrected chi connectivity index (χ3v) is 62.2. The van der Waals surface area contributed by atoms with E-state index < -0.39 is 224 Å². The summed E-state index contributed by atoms with van der Waals surface area (Å²) in [6.07, 6.45) is 0. The first-order valence-electron chi connectivity index (χ1n) is 9.28. The zero-order valence-corrected chi connectivity index (χ0v) is 50.7. The van der Waals surface area contributed by atoms with Gasteiger partial charge in [0.1, 0.15) is 0 Å². The molecule has 0 aromatic heterocycles. The van der Waals surface area contributed by atoms with Gasteiger partial charge in [0, 0.05) is 0 Å². The molecule has 0 aliphatic rings. The topological polar surface area (TPSA) is 700 Å². The van der Waals surface area contributed by atoms with E-state index in [0.29, 0.717) is 0 Å². The van der Waals surface area contributed by atoms with E-state index in [9.17, 15) is 97.4 Å². The average Bonchev–Trinajstić information content (AvgIpc) is 2.64. The van der Waals surface area contributed by atoms with Crippen LogP contribution in [0, 0.1) is 0 Å². The van der Waals surface area contributed by atoms with Crippen molar-refractivity contribution in [3.63, 3.8) is 0 Å². The Hall–Kier alpha value is 3.19. The van der Waals surface area contributed by atoms with Gasteiger partial charge in [-0.3, -0.25) is 0 Å². The average molecular weight is 1940 g/mol. The predicted molar refractivity (Wildman–Crippen MR) is 44.5 cm³/mol. The second kappa shape index (κ2) is 22.8. The molecule has 0 fully saturated rings. The first-order valence-corrected chi connectivity index (χ1v) is 51.8. The van der Waals surface area contributed by atoms with Crippen molar-refractivity contribution >= 4 is 7.82 Å². The van der Waals surface area contributed by atoms with Crippen molar-refractivity contribution in [3.05, 3.63) is 0 Å². The third-order valence-electron chi connectivity index (χ3n) is 2.05. The van der Waals surface area contributed by atoms with Crippen LogP contribution in [0.4, 0.5) is 0 Å². The zero-order valence-electron chi connectivity index (χ0n) is 24.3. The summed E-state index contributed by atoms with van der Waals surface area (Å²) in [6.45, 7) is 0. The van der Waals surface area contributed by atoms with Crippen molar-refractivity contribution in [2.75, 3.05) is 0 Å². The monoisotopic (exact) mass is 1960 g/mol. The van der Waals surface area contributed by atoms with Gasteiger partial charge in [-0.25, -0.2) is 0 Å². The summed E-state index contributed by atoms with van der Waals surface area (Å²) < 4.78 is 377. The third kappa shape index (κ3) is 35.5. The normalized spacial score (nSPS) is 14.7. The molecule has 0 saturated carbocycles. The number of phosphoric acid groups is 1. The fourth-order valence-electron chi connectivity index (χ4n) is 1.40. The molecule has 58 heavy (non-hydrogen) atoms. The molecule has 0 aromatic rings. The van der Waals surface area contributed by atoms with Gasteiger partial charge in [-0.15, -0.1) is 0 Å². The quantitative estimate of drug-likeness (QED) is 0.0693. The molecule has 0 amide bonds. The molecule has 0 spiro atoms. The van der Waals surface area contributed by atoms with E-state index in [1.54, 1.807) is 0 Å². The summed E-state index contributed by atoms with van der Waals surface area (Å²) in [4.78, 5) is 0. The summed E-state index contributed by atoms with van der Waals surface area (Å²) in [5.74, 6) is 0.